The van der Waals surface area contributed by atoms with Crippen molar-refractivity contribution in [2.75, 3.05) is 6.26 Å². The van der Waals surface area contributed by atoms with E-state index < -0.39 is 15.8 Å². The number of sulfone groups is 1. The van der Waals surface area contributed by atoms with E-state index in [2.05, 4.69) is 4.98 Å². The number of hydrogen-bond acceptors (Lipinski definition) is 5. The molecular formula is C14H13NO5S. The molecule has 1 aromatic heterocycles. The van der Waals surface area contributed by atoms with Crippen molar-refractivity contribution in [3.63, 3.8) is 0 Å². The van der Waals surface area contributed by atoms with Crippen molar-refractivity contribution in [1.82, 2.24) is 4.98 Å². The minimum absolute atomic E-state index is 0.0923. The second kappa shape index (κ2) is 5.53. The first-order chi connectivity index (χ1) is 9.77. The molecule has 0 fully saturated rings. The molecule has 0 saturated heterocycles. The zero-order chi connectivity index (χ0) is 15.6. The number of benzene rings is 1. The molecule has 2 rings (SSSR count). The summed E-state index contributed by atoms with van der Waals surface area (Å²) >= 11 is 0. The van der Waals surface area contributed by atoms with Gasteiger partial charge in [-0.05, 0) is 25.1 Å². The van der Waals surface area contributed by atoms with Crippen molar-refractivity contribution < 1.29 is 23.1 Å². The summed E-state index contributed by atoms with van der Waals surface area (Å²) in [7, 11) is -3.36. The fourth-order valence-electron chi connectivity index (χ4n) is 1.68. The Morgan fingerprint density at radius 1 is 1.29 bits per heavy atom. The molecule has 1 N–H and O–H groups in total. The SMILES string of the molecule is Cc1cc(Oc2cccc(S(C)(=O)=O)c2)c(C(=O)O)cn1. The van der Waals surface area contributed by atoms with Crippen molar-refractivity contribution in [2.45, 2.75) is 11.8 Å². The molecule has 2 aromatic rings. The molecule has 0 saturated carbocycles. The van der Waals surface area contributed by atoms with Gasteiger partial charge >= 0.3 is 5.97 Å². The molecule has 6 nitrogen and oxygen atoms in total. The third-order valence-corrected chi connectivity index (χ3v) is 3.80. The van der Waals surface area contributed by atoms with Gasteiger partial charge in [-0.25, -0.2) is 13.2 Å². The van der Waals surface area contributed by atoms with E-state index in [1.54, 1.807) is 13.0 Å². The summed E-state index contributed by atoms with van der Waals surface area (Å²) in [6, 6.07) is 7.35. The number of pyridine rings is 1. The Morgan fingerprint density at radius 3 is 2.62 bits per heavy atom. The second-order valence-electron chi connectivity index (χ2n) is 4.48. The maximum atomic E-state index is 11.5. The number of hydrogen-bond donors (Lipinski definition) is 1. The highest BCUT2D eigenvalue weighted by molar-refractivity contribution is 7.90. The molecule has 0 aliphatic heterocycles. The van der Waals surface area contributed by atoms with Crippen LogP contribution in [0.3, 0.4) is 0 Å². The Kier molecular flexibility index (Phi) is 3.95. The summed E-state index contributed by atoms with van der Waals surface area (Å²) in [6.07, 6.45) is 2.29. The third-order valence-electron chi connectivity index (χ3n) is 2.69. The summed E-state index contributed by atoms with van der Waals surface area (Å²) in [4.78, 5) is 15.1. The average Bonchev–Trinajstić information content (AvgIpc) is 2.37. The van der Waals surface area contributed by atoms with Gasteiger partial charge < -0.3 is 9.84 Å². The van der Waals surface area contributed by atoms with E-state index >= 15 is 0 Å². The van der Waals surface area contributed by atoms with E-state index in [0.29, 0.717) is 5.69 Å². The van der Waals surface area contributed by atoms with Gasteiger partial charge in [0.15, 0.2) is 9.84 Å². The predicted octanol–water partition coefficient (Wildman–Crippen LogP) is 2.28. The summed E-state index contributed by atoms with van der Waals surface area (Å²) in [5.41, 5.74) is 0.500. The Morgan fingerprint density at radius 2 is 2.00 bits per heavy atom. The topological polar surface area (TPSA) is 93.6 Å². The summed E-state index contributed by atoms with van der Waals surface area (Å²) < 4.78 is 28.5. The van der Waals surface area contributed by atoms with Crippen molar-refractivity contribution in [2.24, 2.45) is 0 Å². The van der Waals surface area contributed by atoms with Gasteiger partial charge in [-0.2, -0.15) is 0 Å². The highest BCUT2D eigenvalue weighted by Gasteiger charge is 2.14. The Bertz CT molecular complexity index is 799. The molecule has 7 heteroatoms. The van der Waals surface area contributed by atoms with Gasteiger partial charge in [0.2, 0.25) is 0 Å². The van der Waals surface area contributed by atoms with Crippen LogP contribution in [0.15, 0.2) is 41.4 Å². The molecule has 0 aliphatic carbocycles. The van der Waals surface area contributed by atoms with Crippen LogP contribution in [-0.4, -0.2) is 30.7 Å². The molecule has 1 aromatic carbocycles. The van der Waals surface area contributed by atoms with Gasteiger partial charge in [0.25, 0.3) is 0 Å². The van der Waals surface area contributed by atoms with Crippen LogP contribution in [0, 0.1) is 6.92 Å². The van der Waals surface area contributed by atoms with Gasteiger partial charge in [0, 0.05) is 24.2 Å². The highest BCUT2D eigenvalue weighted by atomic mass is 32.2. The minimum atomic E-state index is -3.36. The van der Waals surface area contributed by atoms with Crippen LogP contribution in [-0.2, 0) is 9.84 Å². The Labute approximate surface area is 121 Å². The molecule has 0 spiro atoms. The molecule has 0 amide bonds. The first kappa shape index (κ1) is 15.0. The quantitative estimate of drug-likeness (QED) is 0.931. The number of aryl methyl sites for hydroxylation is 1. The number of ether oxygens (including phenoxy) is 1. The highest BCUT2D eigenvalue weighted by Crippen LogP contribution is 2.27. The summed E-state index contributed by atoms with van der Waals surface area (Å²) in [6.45, 7) is 1.70. The van der Waals surface area contributed by atoms with Crippen LogP contribution in [0.2, 0.25) is 0 Å². The lowest BCUT2D eigenvalue weighted by atomic mass is 10.2. The molecule has 0 radical (unpaired) electrons. The van der Waals surface area contributed by atoms with Crippen molar-refractivity contribution in [1.29, 1.82) is 0 Å². The minimum Gasteiger partial charge on any atom is -0.477 e. The van der Waals surface area contributed by atoms with Gasteiger partial charge in [0.1, 0.15) is 17.1 Å². The predicted molar refractivity (Wildman–Crippen MR) is 75.6 cm³/mol. The van der Waals surface area contributed by atoms with Gasteiger partial charge in [0.05, 0.1) is 4.90 Å². The molecular weight excluding hydrogens is 294 g/mol. The zero-order valence-electron chi connectivity index (χ0n) is 11.4. The number of carboxylic acid groups (broad SMARTS) is 1. The number of aromatic carboxylic acids is 1. The number of carboxylic acids is 1. The third kappa shape index (κ3) is 3.57. The van der Waals surface area contributed by atoms with Crippen LogP contribution < -0.4 is 4.74 Å². The molecule has 0 atom stereocenters. The molecule has 110 valence electrons. The van der Waals surface area contributed by atoms with Crippen molar-refractivity contribution in [3.05, 3.63) is 47.8 Å². The van der Waals surface area contributed by atoms with Crippen LogP contribution in [0.25, 0.3) is 0 Å². The van der Waals surface area contributed by atoms with Crippen LogP contribution in [0.1, 0.15) is 16.1 Å². The summed E-state index contributed by atoms with van der Waals surface area (Å²) in [5, 5.41) is 9.10. The maximum Gasteiger partial charge on any atom is 0.341 e. The van der Waals surface area contributed by atoms with E-state index in [4.69, 9.17) is 9.84 Å². The smallest absolute Gasteiger partial charge is 0.341 e. The number of aromatic nitrogens is 1. The van der Waals surface area contributed by atoms with Gasteiger partial charge in [-0.1, -0.05) is 6.07 Å². The normalized spacial score (nSPS) is 11.1. The molecule has 0 aliphatic rings. The average molecular weight is 307 g/mol. The monoisotopic (exact) mass is 307 g/mol. The van der Waals surface area contributed by atoms with Crippen LogP contribution in [0.5, 0.6) is 11.5 Å². The Balaban J connectivity index is 2.43. The lowest BCUT2D eigenvalue weighted by Gasteiger charge is -2.10. The summed E-state index contributed by atoms with van der Waals surface area (Å²) in [5.74, 6) is -0.816. The standard InChI is InChI=1S/C14H13NO5S/c1-9-6-13(12(8-15-9)14(16)17)20-10-4-3-5-11(7-10)21(2,18)19/h3-8H,1-2H3,(H,16,17). The van der Waals surface area contributed by atoms with E-state index in [-0.39, 0.29) is 22.0 Å². The second-order valence-corrected chi connectivity index (χ2v) is 6.49. The van der Waals surface area contributed by atoms with Crippen LogP contribution >= 0.6 is 0 Å². The van der Waals surface area contributed by atoms with Crippen molar-refractivity contribution in [3.8, 4) is 11.5 Å². The molecule has 21 heavy (non-hydrogen) atoms. The van der Waals surface area contributed by atoms with E-state index in [9.17, 15) is 13.2 Å². The number of nitrogens with zero attached hydrogens (tertiary/aromatic N) is 1. The fraction of sp³-hybridized carbons (Fsp3) is 0.143. The maximum absolute atomic E-state index is 11.5. The van der Waals surface area contributed by atoms with E-state index in [1.807, 2.05) is 0 Å². The molecule has 1 heterocycles. The zero-order valence-corrected chi connectivity index (χ0v) is 12.2. The fourth-order valence-corrected chi connectivity index (χ4v) is 2.33. The number of rotatable bonds is 4. The molecule has 0 unspecified atom stereocenters. The van der Waals surface area contributed by atoms with Gasteiger partial charge in [-0.3, -0.25) is 4.98 Å². The van der Waals surface area contributed by atoms with E-state index in [1.165, 1.54) is 30.5 Å². The number of carbonyl (C=O) groups is 1. The Hall–Kier alpha value is -2.41. The molecule has 0 bridgehead atoms. The first-order valence-electron chi connectivity index (χ1n) is 5.95. The first-order valence-corrected chi connectivity index (χ1v) is 7.84. The van der Waals surface area contributed by atoms with Gasteiger partial charge in [-0.15, -0.1) is 0 Å². The lowest BCUT2D eigenvalue weighted by Crippen LogP contribution is -2.02. The van der Waals surface area contributed by atoms with E-state index in [0.717, 1.165) is 6.26 Å². The van der Waals surface area contributed by atoms with Crippen molar-refractivity contribution >= 4 is 15.8 Å². The van der Waals surface area contributed by atoms with Crippen LogP contribution in [0.4, 0.5) is 0 Å². The largest absolute Gasteiger partial charge is 0.477 e. The lowest BCUT2D eigenvalue weighted by molar-refractivity contribution is 0.0693.